The Labute approximate surface area is 100 Å². The molecule has 0 atom stereocenters. The molecule has 3 nitrogen and oxygen atoms in total. The van der Waals surface area contributed by atoms with E-state index in [1.807, 2.05) is 12.1 Å². The highest BCUT2D eigenvalue weighted by molar-refractivity contribution is 7.80. The van der Waals surface area contributed by atoms with Gasteiger partial charge in [0.15, 0.2) is 0 Å². The van der Waals surface area contributed by atoms with Gasteiger partial charge in [-0.1, -0.05) is 30.4 Å². The molecular weight excluding hydrogens is 220 g/mol. The minimum atomic E-state index is -0.109. The zero-order valence-electron chi connectivity index (χ0n) is 8.90. The van der Waals surface area contributed by atoms with Crippen LogP contribution in [0.2, 0.25) is 0 Å². The van der Waals surface area contributed by atoms with Crippen LogP contribution in [-0.2, 0) is 6.42 Å². The third-order valence-electron chi connectivity index (χ3n) is 2.00. The molecule has 0 saturated carbocycles. The lowest BCUT2D eigenvalue weighted by Gasteiger charge is -2.03. The number of benzene rings is 1. The molecule has 3 N–H and O–H groups in total. The zero-order valence-corrected chi connectivity index (χ0v) is 9.72. The lowest BCUT2D eigenvalue weighted by Crippen LogP contribution is -2.23. The summed E-state index contributed by atoms with van der Waals surface area (Å²) in [4.78, 5) is 12.0. The van der Waals surface area contributed by atoms with E-state index in [-0.39, 0.29) is 5.91 Å². The summed E-state index contributed by atoms with van der Waals surface area (Å²) in [5.74, 6) is -0.109. The monoisotopic (exact) mass is 234 g/mol. The van der Waals surface area contributed by atoms with E-state index in [0.29, 0.717) is 23.5 Å². The van der Waals surface area contributed by atoms with Gasteiger partial charge in [0.2, 0.25) is 0 Å². The van der Waals surface area contributed by atoms with Crippen LogP contribution < -0.4 is 11.1 Å². The van der Waals surface area contributed by atoms with Crippen molar-refractivity contribution in [2.45, 2.75) is 6.42 Å². The molecule has 0 radical (unpaired) electrons. The van der Waals surface area contributed by atoms with Crippen LogP contribution in [0.4, 0.5) is 0 Å². The number of nitrogens with two attached hydrogens (primary N) is 1. The third-order valence-corrected chi connectivity index (χ3v) is 2.15. The average molecular weight is 234 g/mol. The van der Waals surface area contributed by atoms with Gasteiger partial charge in [0.05, 0.1) is 4.99 Å². The Balaban J connectivity index is 2.66. The maximum atomic E-state index is 11.5. The lowest BCUT2D eigenvalue weighted by atomic mass is 10.1. The number of carbonyl (C=O) groups is 1. The molecule has 0 aliphatic heterocycles. The van der Waals surface area contributed by atoms with Crippen LogP contribution in [0, 0.1) is 0 Å². The summed E-state index contributed by atoms with van der Waals surface area (Å²) in [5.41, 5.74) is 7.06. The fraction of sp³-hybridized carbons (Fsp3) is 0.167. The first kappa shape index (κ1) is 12.4. The standard InChI is InChI=1S/C12H14N2OS/c1-2-7-14-12(15)10-5-3-9(4-6-10)8-11(13)16/h2-6H,1,7-8H2,(H2,13,16)(H,14,15). The molecule has 1 rings (SSSR count). The van der Waals surface area contributed by atoms with Gasteiger partial charge < -0.3 is 11.1 Å². The molecule has 1 aromatic rings. The van der Waals surface area contributed by atoms with Crippen LogP contribution >= 0.6 is 12.2 Å². The highest BCUT2D eigenvalue weighted by Gasteiger charge is 2.03. The molecule has 0 aliphatic carbocycles. The van der Waals surface area contributed by atoms with Gasteiger partial charge in [-0.2, -0.15) is 0 Å². The molecule has 16 heavy (non-hydrogen) atoms. The van der Waals surface area contributed by atoms with Gasteiger partial charge in [0, 0.05) is 18.5 Å². The number of hydrogen-bond acceptors (Lipinski definition) is 2. The van der Waals surface area contributed by atoms with E-state index in [1.165, 1.54) is 0 Å². The van der Waals surface area contributed by atoms with Gasteiger partial charge in [0.1, 0.15) is 0 Å². The minimum Gasteiger partial charge on any atom is -0.393 e. The number of amides is 1. The number of thiocarbonyl (C=S) groups is 1. The van der Waals surface area contributed by atoms with Crippen molar-refractivity contribution in [3.05, 3.63) is 48.0 Å². The second kappa shape index (κ2) is 6.02. The number of nitrogens with one attached hydrogen (secondary N) is 1. The zero-order chi connectivity index (χ0) is 12.0. The Morgan fingerprint density at radius 3 is 2.56 bits per heavy atom. The molecule has 84 valence electrons. The van der Waals surface area contributed by atoms with Crippen molar-refractivity contribution >= 4 is 23.1 Å². The highest BCUT2D eigenvalue weighted by atomic mass is 32.1. The predicted octanol–water partition coefficient (Wildman–Crippen LogP) is 1.43. The summed E-state index contributed by atoms with van der Waals surface area (Å²) in [6, 6.07) is 7.21. The van der Waals surface area contributed by atoms with Crippen molar-refractivity contribution in [1.29, 1.82) is 0 Å². The van der Waals surface area contributed by atoms with E-state index in [4.69, 9.17) is 18.0 Å². The topological polar surface area (TPSA) is 55.1 Å². The van der Waals surface area contributed by atoms with E-state index < -0.39 is 0 Å². The highest BCUT2D eigenvalue weighted by Crippen LogP contribution is 2.05. The van der Waals surface area contributed by atoms with Crippen molar-refractivity contribution in [2.24, 2.45) is 5.73 Å². The summed E-state index contributed by atoms with van der Waals surface area (Å²) in [6.07, 6.45) is 2.20. The number of rotatable bonds is 5. The fourth-order valence-corrected chi connectivity index (χ4v) is 1.41. The van der Waals surface area contributed by atoms with E-state index in [1.54, 1.807) is 18.2 Å². The normalized spacial score (nSPS) is 9.50. The average Bonchev–Trinajstić information content (AvgIpc) is 2.26. The SMILES string of the molecule is C=CCNC(=O)c1ccc(CC(N)=S)cc1. The Hall–Kier alpha value is -1.68. The van der Waals surface area contributed by atoms with Crippen molar-refractivity contribution in [3.8, 4) is 0 Å². The minimum absolute atomic E-state index is 0.109. The molecule has 0 aliphatic rings. The molecule has 0 spiro atoms. The summed E-state index contributed by atoms with van der Waals surface area (Å²) in [5, 5.41) is 2.70. The van der Waals surface area contributed by atoms with Gasteiger partial charge in [-0.25, -0.2) is 0 Å². The molecule has 0 saturated heterocycles. The fourth-order valence-electron chi connectivity index (χ4n) is 1.24. The molecule has 0 unspecified atom stereocenters. The van der Waals surface area contributed by atoms with Gasteiger partial charge in [-0.15, -0.1) is 6.58 Å². The van der Waals surface area contributed by atoms with Crippen LogP contribution in [0.3, 0.4) is 0 Å². The smallest absolute Gasteiger partial charge is 0.251 e. The van der Waals surface area contributed by atoms with Crippen LogP contribution in [-0.4, -0.2) is 17.4 Å². The van der Waals surface area contributed by atoms with E-state index >= 15 is 0 Å². The Morgan fingerprint density at radius 2 is 2.06 bits per heavy atom. The Bertz CT molecular complexity index is 398. The Morgan fingerprint density at radius 1 is 1.44 bits per heavy atom. The predicted molar refractivity (Wildman–Crippen MR) is 69.5 cm³/mol. The van der Waals surface area contributed by atoms with Crippen molar-refractivity contribution in [3.63, 3.8) is 0 Å². The molecule has 1 aromatic carbocycles. The largest absolute Gasteiger partial charge is 0.393 e. The van der Waals surface area contributed by atoms with Crippen molar-refractivity contribution in [1.82, 2.24) is 5.32 Å². The molecule has 0 bridgehead atoms. The molecule has 0 fully saturated rings. The van der Waals surface area contributed by atoms with Gasteiger partial charge in [-0.05, 0) is 17.7 Å². The number of hydrogen-bond donors (Lipinski definition) is 2. The van der Waals surface area contributed by atoms with Crippen molar-refractivity contribution in [2.75, 3.05) is 6.54 Å². The summed E-state index contributed by atoms with van der Waals surface area (Å²) < 4.78 is 0. The Kier molecular flexibility index (Phi) is 4.66. The van der Waals surface area contributed by atoms with Gasteiger partial charge in [0.25, 0.3) is 5.91 Å². The second-order valence-corrected chi connectivity index (χ2v) is 3.86. The van der Waals surface area contributed by atoms with Gasteiger partial charge >= 0.3 is 0 Å². The van der Waals surface area contributed by atoms with Crippen LogP contribution in [0.25, 0.3) is 0 Å². The van der Waals surface area contributed by atoms with Crippen LogP contribution in [0.1, 0.15) is 15.9 Å². The first-order valence-electron chi connectivity index (χ1n) is 4.90. The number of carbonyl (C=O) groups excluding carboxylic acids is 1. The van der Waals surface area contributed by atoms with E-state index in [9.17, 15) is 4.79 Å². The van der Waals surface area contributed by atoms with E-state index in [0.717, 1.165) is 5.56 Å². The maximum absolute atomic E-state index is 11.5. The second-order valence-electron chi connectivity index (χ2n) is 3.34. The first-order valence-corrected chi connectivity index (χ1v) is 5.30. The maximum Gasteiger partial charge on any atom is 0.251 e. The lowest BCUT2D eigenvalue weighted by molar-refractivity contribution is 0.0958. The molecule has 0 heterocycles. The first-order chi connectivity index (χ1) is 7.63. The molecule has 4 heteroatoms. The van der Waals surface area contributed by atoms with E-state index in [2.05, 4.69) is 11.9 Å². The van der Waals surface area contributed by atoms with Crippen LogP contribution in [0.5, 0.6) is 0 Å². The molecule has 0 aromatic heterocycles. The van der Waals surface area contributed by atoms with Crippen molar-refractivity contribution < 1.29 is 4.79 Å². The summed E-state index contributed by atoms with van der Waals surface area (Å²) in [7, 11) is 0. The molecule has 1 amide bonds. The molecular formula is C12H14N2OS. The quantitative estimate of drug-likeness (QED) is 0.598. The third kappa shape index (κ3) is 3.82. The van der Waals surface area contributed by atoms with Gasteiger partial charge in [-0.3, -0.25) is 4.79 Å². The summed E-state index contributed by atoms with van der Waals surface area (Å²) in [6.45, 7) is 4.00. The van der Waals surface area contributed by atoms with Crippen LogP contribution in [0.15, 0.2) is 36.9 Å². The summed E-state index contributed by atoms with van der Waals surface area (Å²) >= 11 is 4.81.